The summed E-state index contributed by atoms with van der Waals surface area (Å²) in [6.45, 7) is 1.50. The van der Waals surface area contributed by atoms with Crippen LogP contribution in [0.4, 0.5) is 4.79 Å². The summed E-state index contributed by atoms with van der Waals surface area (Å²) in [5.41, 5.74) is 0.0977. The van der Waals surface area contributed by atoms with Crippen molar-refractivity contribution in [2.24, 2.45) is 9.98 Å². The lowest BCUT2D eigenvalue weighted by molar-refractivity contribution is -0.401. The number of rotatable bonds is 1. The van der Waals surface area contributed by atoms with Crippen molar-refractivity contribution in [1.29, 1.82) is 0 Å². The summed E-state index contributed by atoms with van der Waals surface area (Å²) in [6.07, 6.45) is -0.868. The molecular weight excluding hydrogens is 212 g/mol. The molecule has 2 heterocycles. The molecule has 0 spiro atoms. The molecule has 0 fully saturated rings. The van der Waals surface area contributed by atoms with E-state index in [1.165, 1.54) is 25.6 Å². The van der Waals surface area contributed by atoms with Gasteiger partial charge in [-0.05, 0) is 6.92 Å². The first-order chi connectivity index (χ1) is 7.43. The lowest BCUT2D eigenvalue weighted by atomic mass is 10.2. The van der Waals surface area contributed by atoms with E-state index in [2.05, 4.69) is 9.98 Å². The zero-order valence-electron chi connectivity index (χ0n) is 9.13. The Kier molecular flexibility index (Phi) is 2.20. The van der Waals surface area contributed by atoms with Gasteiger partial charge in [-0.1, -0.05) is 4.99 Å². The highest BCUT2D eigenvalue weighted by molar-refractivity contribution is 6.70. The highest BCUT2D eigenvalue weighted by Crippen LogP contribution is 2.11. The highest BCUT2D eigenvalue weighted by atomic mass is 16.3. The van der Waals surface area contributed by atoms with Crippen LogP contribution in [-0.2, 0) is 4.79 Å². The van der Waals surface area contributed by atoms with Crippen LogP contribution >= 0.6 is 0 Å². The number of nitrogens with zero attached hydrogens (tertiary/aromatic N) is 4. The van der Waals surface area contributed by atoms with Gasteiger partial charge in [-0.3, -0.25) is 0 Å². The Bertz CT molecular complexity index is 487. The Hall–Kier alpha value is -1.89. The van der Waals surface area contributed by atoms with E-state index in [0.29, 0.717) is 0 Å². The van der Waals surface area contributed by atoms with Crippen molar-refractivity contribution in [2.75, 3.05) is 14.1 Å². The topological polar surface area (TPSA) is 85.3 Å². The van der Waals surface area contributed by atoms with Crippen molar-refractivity contribution >= 4 is 29.3 Å². The first-order valence-corrected chi connectivity index (χ1v) is 4.72. The molecule has 0 saturated carbocycles. The van der Waals surface area contributed by atoms with Gasteiger partial charge in [-0.25, -0.2) is 14.6 Å². The molecule has 0 saturated heterocycles. The van der Waals surface area contributed by atoms with Gasteiger partial charge in [0.25, 0.3) is 0 Å². The third-order valence-electron chi connectivity index (χ3n) is 2.43. The molecule has 2 aliphatic rings. The van der Waals surface area contributed by atoms with E-state index in [1.807, 2.05) is 0 Å². The Labute approximate surface area is 91.4 Å². The van der Waals surface area contributed by atoms with Crippen molar-refractivity contribution in [1.82, 2.24) is 4.90 Å². The van der Waals surface area contributed by atoms with Crippen molar-refractivity contribution in [2.45, 2.75) is 13.0 Å². The third-order valence-corrected chi connectivity index (χ3v) is 2.43. The van der Waals surface area contributed by atoms with E-state index in [1.54, 1.807) is 0 Å². The van der Waals surface area contributed by atoms with Crippen LogP contribution in [0.3, 0.4) is 0 Å². The van der Waals surface area contributed by atoms with Crippen LogP contribution < -0.4 is 0 Å². The minimum absolute atomic E-state index is 0.0977. The molecule has 7 heteroatoms. The molecule has 16 heavy (non-hydrogen) atoms. The van der Waals surface area contributed by atoms with Gasteiger partial charge in [0, 0.05) is 0 Å². The number of urea groups is 1. The number of amides is 3. The minimum Gasteiger partial charge on any atom is -0.384 e. The van der Waals surface area contributed by atoms with E-state index in [-0.39, 0.29) is 17.4 Å². The highest BCUT2D eigenvalue weighted by Gasteiger charge is 2.44. The predicted octanol–water partition coefficient (Wildman–Crippen LogP) is -1.15. The SMILES string of the molecule is CC(O)C1=NC2=[N+](C)C(=O)N(C)C(=O)C2=N1. The van der Waals surface area contributed by atoms with E-state index in [9.17, 15) is 14.7 Å². The lowest BCUT2D eigenvalue weighted by Gasteiger charge is -2.15. The zero-order valence-corrected chi connectivity index (χ0v) is 9.13. The molecule has 7 nitrogen and oxygen atoms in total. The number of hydrogen-bond acceptors (Lipinski definition) is 5. The van der Waals surface area contributed by atoms with Gasteiger partial charge in [-0.15, -0.1) is 0 Å². The van der Waals surface area contributed by atoms with Crippen LogP contribution in [0, 0.1) is 0 Å². The smallest absolute Gasteiger partial charge is 0.384 e. The summed E-state index contributed by atoms with van der Waals surface area (Å²) >= 11 is 0. The van der Waals surface area contributed by atoms with Crippen LogP contribution in [0.5, 0.6) is 0 Å². The van der Waals surface area contributed by atoms with E-state index >= 15 is 0 Å². The maximum absolute atomic E-state index is 11.7. The van der Waals surface area contributed by atoms with Crippen LogP contribution in [0.15, 0.2) is 9.98 Å². The third kappa shape index (κ3) is 1.28. The van der Waals surface area contributed by atoms with Gasteiger partial charge in [-0.2, -0.15) is 9.48 Å². The largest absolute Gasteiger partial charge is 0.446 e. The maximum Gasteiger partial charge on any atom is 0.446 e. The van der Waals surface area contributed by atoms with Gasteiger partial charge < -0.3 is 5.11 Å². The van der Waals surface area contributed by atoms with Gasteiger partial charge in [0.1, 0.15) is 6.10 Å². The molecule has 1 N–H and O–H groups in total. The van der Waals surface area contributed by atoms with E-state index in [4.69, 9.17) is 0 Å². The second kappa shape index (κ2) is 3.31. The number of aliphatic hydroxyl groups is 1. The number of carbonyl (C=O) groups excluding carboxylic acids is 2. The predicted molar refractivity (Wildman–Crippen MR) is 55.9 cm³/mol. The number of fused-ring (bicyclic) bond motifs is 1. The summed E-state index contributed by atoms with van der Waals surface area (Å²) in [5.74, 6) is -0.158. The maximum atomic E-state index is 11.7. The Morgan fingerprint density at radius 1 is 1.38 bits per heavy atom. The van der Waals surface area contributed by atoms with Gasteiger partial charge in [0.2, 0.25) is 11.5 Å². The number of imide groups is 1. The van der Waals surface area contributed by atoms with E-state index < -0.39 is 18.0 Å². The number of aliphatic hydroxyl groups excluding tert-OH is 1. The molecule has 0 radical (unpaired) electrons. The van der Waals surface area contributed by atoms with Crippen LogP contribution in [-0.4, -0.2) is 64.1 Å². The molecule has 0 bridgehead atoms. The summed E-state index contributed by atoms with van der Waals surface area (Å²) in [7, 11) is 2.88. The summed E-state index contributed by atoms with van der Waals surface area (Å²) in [5, 5.41) is 9.32. The minimum atomic E-state index is -0.868. The first kappa shape index (κ1) is 10.6. The summed E-state index contributed by atoms with van der Waals surface area (Å²) < 4.78 is 1.23. The number of aliphatic imine (C=N–C) groups is 2. The Morgan fingerprint density at radius 3 is 2.56 bits per heavy atom. The summed E-state index contributed by atoms with van der Waals surface area (Å²) in [4.78, 5) is 32.1. The normalized spacial score (nSPS) is 22.1. The second-order valence-corrected chi connectivity index (χ2v) is 3.64. The fourth-order valence-electron chi connectivity index (χ4n) is 1.48. The summed E-state index contributed by atoms with van der Waals surface area (Å²) in [6, 6.07) is -0.463. The lowest BCUT2D eigenvalue weighted by Crippen LogP contribution is -2.51. The average molecular weight is 223 g/mol. The second-order valence-electron chi connectivity index (χ2n) is 3.64. The van der Waals surface area contributed by atoms with Crippen molar-refractivity contribution in [3.63, 3.8) is 0 Å². The van der Waals surface area contributed by atoms with Crippen molar-refractivity contribution in [3.05, 3.63) is 0 Å². The zero-order chi connectivity index (χ0) is 12.0. The average Bonchev–Trinajstić information content (AvgIpc) is 2.68. The molecule has 0 aromatic heterocycles. The van der Waals surface area contributed by atoms with Crippen LogP contribution in [0.25, 0.3) is 0 Å². The van der Waals surface area contributed by atoms with Crippen LogP contribution in [0.2, 0.25) is 0 Å². The fraction of sp³-hybridized carbons (Fsp3) is 0.444. The van der Waals surface area contributed by atoms with Crippen LogP contribution in [0.1, 0.15) is 6.92 Å². The molecule has 2 rings (SSSR count). The molecule has 3 amide bonds. The number of amidine groups is 2. The molecule has 1 unspecified atom stereocenters. The molecule has 0 aliphatic carbocycles. The quantitative estimate of drug-likeness (QED) is 0.570. The fourth-order valence-corrected chi connectivity index (χ4v) is 1.48. The standard InChI is InChI=1S/C9H11N4O3/c1-4(14)6-10-5-7(11-6)12(2)9(16)13(3)8(5)15/h4,14H,1-3H3/q+1. The monoisotopic (exact) mass is 223 g/mol. The Balaban J connectivity index is 2.57. The molecule has 2 aliphatic heterocycles. The van der Waals surface area contributed by atoms with Crippen molar-refractivity contribution in [3.8, 4) is 0 Å². The molecule has 84 valence electrons. The Morgan fingerprint density at radius 2 is 2.00 bits per heavy atom. The first-order valence-electron chi connectivity index (χ1n) is 4.72. The van der Waals surface area contributed by atoms with Gasteiger partial charge in [0.15, 0.2) is 0 Å². The number of carbonyl (C=O) groups is 2. The molecule has 1 atom stereocenters. The molecular formula is C9H11N4O3+. The van der Waals surface area contributed by atoms with Gasteiger partial charge >= 0.3 is 17.8 Å². The molecule has 0 aromatic rings. The number of hydrogen-bond donors (Lipinski definition) is 1. The molecule has 0 aromatic carbocycles. The van der Waals surface area contributed by atoms with Crippen molar-refractivity contribution < 1.29 is 19.3 Å². The van der Waals surface area contributed by atoms with Gasteiger partial charge in [0.05, 0.1) is 14.1 Å². The van der Waals surface area contributed by atoms with E-state index in [0.717, 1.165) is 4.90 Å².